The summed E-state index contributed by atoms with van der Waals surface area (Å²) in [5, 5.41) is 3.45. The summed E-state index contributed by atoms with van der Waals surface area (Å²) in [5.74, 6) is 0.339. The van der Waals surface area contributed by atoms with Gasteiger partial charge in [-0.05, 0) is 29.3 Å². The van der Waals surface area contributed by atoms with Crippen LogP contribution in [-0.4, -0.2) is 47.0 Å². The average molecular weight is 396 g/mol. The molecule has 1 fully saturated rings. The fourth-order valence-electron chi connectivity index (χ4n) is 3.69. The number of hydrogen-bond donors (Lipinski definition) is 1. The van der Waals surface area contributed by atoms with Gasteiger partial charge in [0.05, 0.1) is 6.04 Å². The summed E-state index contributed by atoms with van der Waals surface area (Å²) in [6, 6.07) is 21.5. The van der Waals surface area contributed by atoms with Gasteiger partial charge in [-0.15, -0.1) is 0 Å². The molecule has 0 atom stereocenters. The number of nitrogens with zero attached hydrogens (tertiary/aromatic N) is 2. The van der Waals surface area contributed by atoms with Crippen LogP contribution in [0.2, 0.25) is 0 Å². The molecule has 1 heterocycles. The van der Waals surface area contributed by atoms with Crippen molar-refractivity contribution in [3.05, 3.63) is 71.8 Å². The van der Waals surface area contributed by atoms with Crippen LogP contribution in [0, 0.1) is 5.92 Å². The van der Waals surface area contributed by atoms with E-state index in [0.29, 0.717) is 17.5 Å². The molecule has 28 heavy (non-hydrogen) atoms. The topological polar surface area (TPSA) is 35.6 Å². The fourth-order valence-corrected chi connectivity index (χ4v) is 3.98. The predicted octanol–water partition coefficient (Wildman–Crippen LogP) is 3.84. The number of piperazine rings is 1. The van der Waals surface area contributed by atoms with E-state index >= 15 is 0 Å². The molecule has 0 saturated carbocycles. The summed E-state index contributed by atoms with van der Waals surface area (Å²) in [7, 11) is 0. The van der Waals surface area contributed by atoms with Gasteiger partial charge in [-0.2, -0.15) is 0 Å². The third-order valence-electron chi connectivity index (χ3n) is 5.04. The van der Waals surface area contributed by atoms with E-state index in [9.17, 15) is 4.79 Å². The van der Waals surface area contributed by atoms with Crippen molar-refractivity contribution in [2.24, 2.45) is 5.92 Å². The standard InChI is InChI=1S/C23H29N3OS/c1-18(2)17-21(27)24-23(28)26-15-13-25(14-16-26)22(19-9-5-3-6-10-19)20-11-7-4-8-12-20/h3-12,18,22H,13-17H2,1-2H3,(H,24,27,28). The van der Waals surface area contributed by atoms with E-state index in [4.69, 9.17) is 12.2 Å². The average Bonchev–Trinajstić information content (AvgIpc) is 2.70. The Morgan fingerprint density at radius 3 is 1.89 bits per heavy atom. The molecule has 1 aliphatic rings. The van der Waals surface area contributed by atoms with Crippen molar-refractivity contribution >= 4 is 23.2 Å². The third kappa shape index (κ3) is 5.40. The first kappa shape index (κ1) is 20.5. The normalized spacial score (nSPS) is 15.1. The van der Waals surface area contributed by atoms with Crippen LogP contribution in [0.1, 0.15) is 37.4 Å². The first-order valence-corrected chi connectivity index (χ1v) is 10.4. The van der Waals surface area contributed by atoms with Crippen molar-refractivity contribution in [1.29, 1.82) is 0 Å². The second-order valence-electron chi connectivity index (χ2n) is 7.70. The number of nitrogens with one attached hydrogen (secondary N) is 1. The van der Waals surface area contributed by atoms with Gasteiger partial charge in [0.25, 0.3) is 0 Å². The van der Waals surface area contributed by atoms with E-state index in [1.165, 1.54) is 11.1 Å². The Balaban J connectivity index is 1.66. The highest BCUT2D eigenvalue weighted by Crippen LogP contribution is 2.29. The first-order chi connectivity index (χ1) is 13.5. The number of carbonyl (C=O) groups excluding carboxylic acids is 1. The van der Waals surface area contributed by atoms with Crippen molar-refractivity contribution in [2.45, 2.75) is 26.3 Å². The molecular weight excluding hydrogens is 366 g/mol. The van der Waals surface area contributed by atoms with E-state index in [-0.39, 0.29) is 11.9 Å². The molecule has 1 amide bonds. The Hall–Kier alpha value is -2.24. The highest BCUT2D eigenvalue weighted by atomic mass is 32.1. The summed E-state index contributed by atoms with van der Waals surface area (Å²) < 4.78 is 0. The minimum atomic E-state index is 0.00822. The molecule has 148 valence electrons. The highest BCUT2D eigenvalue weighted by molar-refractivity contribution is 7.80. The zero-order valence-corrected chi connectivity index (χ0v) is 17.5. The van der Waals surface area contributed by atoms with Crippen LogP contribution < -0.4 is 5.32 Å². The molecule has 1 N–H and O–H groups in total. The summed E-state index contributed by atoms with van der Waals surface area (Å²) in [5.41, 5.74) is 2.60. The molecule has 0 unspecified atom stereocenters. The van der Waals surface area contributed by atoms with Crippen LogP contribution in [0.15, 0.2) is 60.7 Å². The van der Waals surface area contributed by atoms with Gasteiger partial charge < -0.3 is 10.2 Å². The van der Waals surface area contributed by atoms with Crippen molar-refractivity contribution in [3.8, 4) is 0 Å². The van der Waals surface area contributed by atoms with Gasteiger partial charge in [-0.1, -0.05) is 74.5 Å². The van der Waals surface area contributed by atoms with Crippen molar-refractivity contribution in [3.63, 3.8) is 0 Å². The molecular formula is C23H29N3OS. The molecule has 0 bridgehead atoms. The van der Waals surface area contributed by atoms with Crippen LogP contribution in [-0.2, 0) is 4.79 Å². The van der Waals surface area contributed by atoms with Crippen molar-refractivity contribution in [1.82, 2.24) is 15.1 Å². The second kappa shape index (κ2) is 9.80. The summed E-state index contributed by atoms with van der Waals surface area (Å²) >= 11 is 5.47. The highest BCUT2D eigenvalue weighted by Gasteiger charge is 2.27. The molecule has 5 heteroatoms. The Kier molecular flexibility index (Phi) is 7.18. The largest absolute Gasteiger partial charge is 0.346 e. The molecule has 1 aliphatic heterocycles. The third-order valence-corrected chi connectivity index (χ3v) is 5.40. The molecule has 0 radical (unpaired) electrons. The number of carbonyl (C=O) groups is 1. The lowest BCUT2D eigenvalue weighted by Crippen LogP contribution is -2.53. The van der Waals surface area contributed by atoms with E-state index in [2.05, 4.69) is 75.8 Å². The monoisotopic (exact) mass is 395 g/mol. The molecule has 1 saturated heterocycles. The number of hydrogen-bond acceptors (Lipinski definition) is 3. The first-order valence-electron chi connectivity index (χ1n) is 9.97. The van der Waals surface area contributed by atoms with Gasteiger partial charge in [0.2, 0.25) is 5.91 Å². The number of amides is 1. The minimum absolute atomic E-state index is 0.00822. The SMILES string of the molecule is CC(C)CC(=O)NC(=S)N1CCN(C(c2ccccc2)c2ccccc2)CC1. The van der Waals surface area contributed by atoms with E-state index in [1.807, 2.05) is 13.8 Å². The summed E-state index contributed by atoms with van der Waals surface area (Å²) in [6.07, 6.45) is 0.504. The Bertz CT molecular complexity index is 731. The lowest BCUT2D eigenvalue weighted by atomic mass is 9.96. The van der Waals surface area contributed by atoms with Crippen LogP contribution >= 0.6 is 12.2 Å². The fraction of sp³-hybridized carbons (Fsp3) is 0.391. The minimum Gasteiger partial charge on any atom is -0.346 e. The molecule has 0 aliphatic carbocycles. The van der Waals surface area contributed by atoms with Crippen LogP contribution in [0.5, 0.6) is 0 Å². The molecule has 0 spiro atoms. The van der Waals surface area contributed by atoms with Gasteiger partial charge in [0.1, 0.15) is 0 Å². The maximum absolute atomic E-state index is 12.0. The maximum atomic E-state index is 12.0. The molecule has 0 aromatic heterocycles. The Morgan fingerprint density at radius 1 is 0.929 bits per heavy atom. The van der Waals surface area contributed by atoms with Crippen molar-refractivity contribution < 1.29 is 4.79 Å². The number of rotatable bonds is 5. The second-order valence-corrected chi connectivity index (χ2v) is 8.08. The van der Waals surface area contributed by atoms with Crippen LogP contribution in [0.25, 0.3) is 0 Å². The van der Waals surface area contributed by atoms with Gasteiger partial charge in [0, 0.05) is 32.6 Å². The predicted molar refractivity (Wildman–Crippen MR) is 118 cm³/mol. The van der Waals surface area contributed by atoms with E-state index in [1.54, 1.807) is 0 Å². The Morgan fingerprint density at radius 2 is 1.43 bits per heavy atom. The smallest absolute Gasteiger partial charge is 0.226 e. The van der Waals surface area contributed by atoms with Gasteiger partial charge in [-0.25, -0.2) is 0 Å². The van der Waals surface area contributed by atoms with E-state index < -0.39 is 0 Å². The molecule has 2 aromatic carbocycles. The lowest BCUT2D eigenvalue weighted by Gasteiger charge is -2.40. The maximum Gasteiger partial charge on any atom is 0.226 e. The van der Waals surface area contributed by atoms with Gasteiger partial charge in [-0.3, -0.25) is 9.69 Å². The summed E-state index contributed by atoms with van der Waals surface area (Å²) in [4.78, 5) is 16.6. The zero-order valence-electron chi connectivity index (χ0n) is 16.7. The van der Waals surface area contributed by atoms with Crippen LogP contribution in [0.3, 0.4) is 0 Å². The molecule has 4 nitrogen and oxygen atoms in total. The lowest BCUT2D eigenvalue weighted by molar-refractivity contribution is -0.120. The van der Waals surface area contributed by atoms with Crippen LogP contribution in [0.4, 0.5) is 0 Å². The number of thiocarbonyl (C=S) groups is 1. The van der Waals surface area contributed by atoms with Crippen molar-refractivity contribution in [2.75, 3.05) is 26.2 Å². The Labute approximate surface area is 173 Å². The molecule has 3 rings (SSSR count). The van der Waals surface area contributed by atoms with E-state index in [0.717, 1.165) is 26.2 Å². The van der Waals surface area contributed by atoms with Gasteiger partial charge in [0.15, 0.2) is 5.11 Å². The summed E-state index contributed by atoms with van der Waals surface area (Å²) in [6.45, 7) is 7.50. The zero-order chi connectivity index (χ0) is 19.9. The molecule has 2 aromatic rings. The quantitative estimate of drug-likeness (QED) is 0.781. The number of benzene rings is 2. The van der Waals surface area contributed by atoms with Gasteiger partial charge >= 0.3 is 0 Å².